The van der Waals surface area contributed by atoms with Gasteiger partial charge in [-0.1, -0.05) is 18.2 Å². The number of anilines is 1. The van der Waals surface area contributed by atoms with Crippen LogP contribution in [-0.4, -0.2) is 20.6 Å². The Balaban J connectivity index is 1.95. The van der Waals surface area contributed by atoms with Gasteiger partial charge in [0.1, 0.15) is 5.75 Å². The van der Waals surface area contributed by atoms with Crippen molar-refractivity contribution in [3.8, 4) is 5.75 Å². The van der Waals surface area contributed by atoms with Crippen molar-refractivity contribution < 1.29 is 9.90 Å². The Morgan fingerprint density at radius 2 is 1.95 bits per heavy atom. The third kappa shape index (κ3) is 2.09. The number of fused-ring (bicyclic) bond motifs is 1. The van der Waals surface area contributed by atoms with Crippen molar-refractivity contribution in [3.63, 3.8) is 0 Å². The lowest BCUT2D eigenvalue weighted by Gasteiger charge is -2.04. The minimum Gasteiger partial charge on any atom is -0.508 e. The Bertz CT molecular complexity index is 778. The lowest BCUT2D eigenvalue weighted by atomic mass is 10.2. The molecular weight excluding hydrogens is 254 g/mol. The minimum atomic E-state index is -0.215. The molecule has 5 heteroatoms. The Morgan fingerprint density at radius 3 is 2.70 bits per heavy atom. The van der Waals surface area contributed by atoms with Crippen LogP contribution in [0.1, 0.15) is 10.4 Å². The molecule has 0 saturated carbocycles. The highest BCUT2D eigenvalue weighted by atomic mass is 16.3. The lowest BCUT2D eigenvalue weighted by Crippen LogP contribution is -2.14. The van der Waals surface area contributed by atoms with Crippen molar-refractivity contribution in [1.29, 1.82) is 0 Å². The van der Waals surface area contributed by atoms with Gasteiger partial charge in [0.05, 0.1) is 11.0 Å². The van der Waals surface area contributed by atoms with Gasteiger partial charge < -0.3 is 9.67 Å². The molecule has 1 amide bonds. The van der Waals surface area contributed by atoms with Gasteiger partial charge in [-0.3, -0.25) is 10.1 Å². The van der Waals surface area contributed by atoms with Crippen LogP contribution in [-0.2, 0) is 7.05 Å². The maximum Gasteiger partial charge on any atom is 0.257 e. The van der Waals surface area contributed by atoms with E-state index in [-0.39, 0.29) is 11.7 Å². The number of nitrogens with zero attached hydrogens (tertiary/aromatic N) is 2. The van der Waals surface area contributed by atoms with Gasteiger partial charge in [-0.25, -0.2) is 4.98 Å². The predicted molar refractivity (Wildman–Crippen MR) is 76.8 cm³/mol. The molecule has 0 atom stereocenters. The van der Waals surface area contributed by atoms with E-state index in [4.69, 9.17) is 0 Å². The van der Waals surface area contributed by atoms with E-state index < -0.39 is 0 Å². The van der Waals surface area contributed by atoms with E-state index in [0.717, 1.165) is 5.52 Å². The quantitative estimate of drug-likeness (QED) is 0.749. The molecule has 0 unspecified atom stereocenters. The molecule has 0 fully saturated rings. The largest absolute Gasteiger partial charge is 0.508 e. The number of hydrogen-bond acceptors (Lipinski definition) is 3. The molecule has 100 valence electrons. The van der Waals surface area contributed by atoms with Gasteiger partial charge in [0.25, 0.3) is 5.91 Å². The van der Waals surface area contributed by atoms with Gasteiger partial charge in [-0.2, -0.15) is 0 Å². The molecular formula is C15H13N3O2. The zero-order chi connectivity index (χ0) is 14.1. The molecule has 0 saturated heterocycles. The molecule has 0 bridgehead atoms. The summed E-state index contributed by atoms with van der Waals surface area (Å²) in [4.78, 5) is 16.4. The molecule has 1 heterocycles. The van der Waals surface area contributed by atoms with Gasteiger partial charge in [-0.05, 0) is 24.3 Å². The number of benzene rings is 2. The number of imidazole rings is 1. The summed E-state index contributed by atoms with van der Waals surface area (Å²) >= 11 is 0. The Morgan fingerprint density at radius 1 is 1.20 bits per heavy atom. The molecule has 20 heavy (non-hydrogen) atoms. The van der Waals surface area contributed by atoms with E-state index in [1.165, 1.54) is 0 Å². The van der Waals surface area contributed by atoms with Crippen LogP contribution in [0.5, 0.6) is 5.75 Å². The van der Waals surface area contributed by atoms with E-state index in [1.807, 2.05) is 18.2 Å². The third-order valence-electron chi connectivity index (χ3n) is 3.13. The van der Waals surface area contributed by atoms with E-state index in [9.17, 15) is 9.90 Å². The Kier molecular flexibility index (Phi) is 2.87. The van der Waals surface area contributed by atoms with Crippen LogP contribution in [0.4, 0.5) is 5.95 Å². The number of phenols is 1. The third-order valence-corrected chi connectivity index (χ3v) is 3.13. The number of amides is 1. The van der Waals surface area contributed by atoms with Crippen molar-refractivity contribution >= 4 is 22.9 Å². The summed E-state index contributed by atoms with van der Waals surface area (Å²) < 4.78 is 1.73. The zero-order valence-electron chi connectivity index (χ0n) is 10.9. The number of hydrogen-bond donors (Lipinski definition) is 2. The second kappa shape index (κ2) is 4.70. The van der Waals surface area contributed by atoms with E-state index in [0.29, 0.717) is 17.0 Å². The summed E-state index contributed by atoms with van der Waals surface area (Å²) in [5.41, 5.74) is 2.05. The van der Waals surface area contributed by atoms with Crippen LogP contribution in [0.2, 0.25) is 0 Å². The average molecular weight is 267 g/mol. The van der Waals surface area contributed by atoms with Gasteiger partial charge in [0.15, 0.2) is 0 Å². The van der Waals surface area contributed by atoms with Crippen LogP contribution in [0.15, 0.2) is 48.5 Å². The highest BCUT2D eigenvalue weighted by Gasteiger charge is 2.12. The number of phenolic OH excluding ortho intramolecular Hbond substituents is 1. The first-order valence-corrected chi connectivity index (χ1v) is 6.17. The SMILES string of the molecule is Cn1c(NC(=O)c2ccccc2)nc2ccc(O)cc21. The molecule has 0 aliphatic carbocycles. The molecule has 3 aromatic rings. The number of carbonyl (C=O) groups excluding carboxylic acids is 1. The fraction of sp³-hybridized carbons (Fsp3) is 0.0667. The molecule has 2 N–H and O–H groups in total. The fourth-order valence-electron chi connectivity index (χ4n) is 2.05. The second-order valence-electron chi connectivity index (χ2n) is 4.49. The van der Waals surface area contributed by atoms with Crippen LogP contribution in [0.3, 0.4) is 0 Å². The van der Waals surface area contributed by atoms with Crippen molar-refractivity contribution in [2.24, 2.45) is 7.05 Å². The van der Waals surface area contributed by atoms with E-state index >= 15 is 0 Å². The highest BCUT2D eigenvalue weighted by molar-refractivity contribution is 6.04. The first-order valence-electron chi connectivity index (χ1n) is 6.17. The molecule has 1 aromatic heterocycles. The van der Waals surface area contributed by atoms with Gasteiger partial charge in [0.2, 0.25) is 5.95 Å². The first kappa shape index (κ1) is 12.2. The van der Waals surface area contributed by atoms with Crippen molar-refractivity contribution in [3.05, 3.63) is 54.1 Å². The van der Waals surface area contributed by atoms with Crippen molar-refractivity contribution in [2.45, 2.75) is 0 Å². The average Bonchev–Trinajstić information content (AvgIpc) is 2.76. The number of aryl methyl sites for hydroxylation is 1. The second-order valence-corrected chi connectivity index (χ2v) is 4.49. The molecule has 5 nitrogen and oxygen atoms in total. The topological polar surface area (TPSA) is 67.2 Å². The molecule has 0 radical (unpaired) electrons. The van der Waals surface area contributed by atoms with Gasteiger partial charge >= 0.3 is 0 Å². The molecule has 0 spiro atoms. The maximum atomic E-state index is 12.1. The predicted octanol–water partition coefficient (Wildman–Crippen LogP) is 2.53. The Hall–Kier alpha value is -2.82. The first-order chi connectivity index (χ1) is 9.65. The standard InChI is InChI=1S/C15H13N3O2/c1-18-13-9-11(19)7-8-12(13)16-15(18)17-14(20)10-5-3-2-4-6-10/h2-9,19H,1H3,(H,16,17,20). The van der Waals surface area contributed by atoms with Crippen LogP contribution < -0.4 is 5.32 Å². The maximum absolute atomic E-state index is 12.1. The number of carbonyl (C=O) groups is 1. The van der Waals surface area contributed by atoms with E-state index in [1.54, 1.807) is 41.9 Å². The highest BCUT2D eigenvalue weighted by Crippen LogP contribution is 2.22. The summed E-state index contributed by atoms with van der Waals surface area (Å²) in [6, 6.07) is 13.8. The smallest absolute Gasteiger partial charge is 0.257 e. The molecule has 3 rings (SSSR count). The number of nitrogens with one attached hydrogen (secondary N) is 1. The molecule has 0 aliphatic heterocycles. The number of aromatic nitrogens is 2. The Labute approximate surface area is 115 Å². The summed E-state index contributed by atoms with van der Waals surface area (Å²) in [5.74, 6) is 0.397. The van der Waals surface area contributed by atoms with E-state index in [2.05, 4.69) is 10.3 Å². The van der Waals surface area contributed by atoms with Crippen LogP contribution in [0, 0.1) is 0 Å². The zero-order valence-corrected chi connectivity index (χ0v) is 10.9. The lowest BCUT2D eigenvalue weighted by molar-refractivity contribution is 0.102. The monoisotopic (exact) mass is 267 g/mol. The van der Waals surface area contributed by atoms with Gasteiger partial charge in [-0.15, -0.1) is 0 Å². The number of aromatic hydroxyl groups is 1. The number of rotatable bonds is 2. The summed E-state index contributed by atoms with van der Waals surface area (Å²) in [5, 5.41) is 12.3. The van der Waals surface area contributed by atoms with Gasteiger partial charge in [0, 0.05) is 18.7 Å². The summed E-state index contributed by atoms with van der Waals surface area (Å²) in [7, 11) is 1.79. The van der Waals surface area contributed by atoms with Crippen molar-refractivity contribution in [2.75, 3.05) is 5.32 Å². The van der Waals surface area contributed by atoms with Crippen LogP contribution in [0.25, 0.3) is 11.0 Å². The van der Waals surface area contributed by atoms with Crippen LogP contribution >= 0.6 is 0 Å². The fourth-order valence-corrected chi connectivity index (χ4v) is 2.05. The molecule has 0 aliphatic rings. The normalized spacial score (nSPS) is 10.7. The summed E-state index contributed by atoms with van der Waals surface area (Å²) in [6.07, 6.45) is 0. The molecule has 2 aromatic carbocycles. The summed E-state index contributed by atoms with van der Waals surface area (Å²) in [6.45, 7) is 0. The minimum absolute atomic E-state index is 0.168. The van der Waals surface area contributed by atoms with Crippen molar-refractivity contribution in [1.82, 2.24) is 9.55 Å².